The Morgan fingerprint density at radius 1 is 0.943 bits per heavy atom. The summed E-state index contributed by atoms with van der Waals surface area (Å²) in [5.41, 5.74) is 2.23. The predicted octanol–water partition coefficient (Wildman–Crippen LogP) is 2.04. The van der Waals surface area contributed by atoms with Gasteiger partial charge in [0.15, 0.2) is 0 Å². The third-order valence-corrected chi connectivity index (χ3v) is 8.35. The van der Waals surface area contributed by atoms with E-state index in [4.69, 9.17) is 9.26 Å². The number of aromatic nitrogens is 3. The summed E-state index contributed by atoms with van der Waals surface area (Å²) < 4.78 is 37.8. The van der Waals surface area contributed by atoms with E-state index < -0.39 is 10.0 Å². The van der Waals surface area contributed by atoms with Crippen LogP contribution in [0, 0.1) is 0 Å². The van der Waals surface area contributed by atoms with E-state index in [-0.39, 0.29) is 4.90 Å². The summed E-state index contributed by atoms with van der Waals surface area (Å²) >= 11 is 0. The van der Waals surface area contributed by atoms with Gasteiger partial charge in [-0.3, -0.25) is 4.90 Å². The Balaban J connectivity index is 1.15. The standard InChI is InChI=1S/C24H30N6O4S/c1-2-19-3-5-20(6-4-19)24-26-23(34-27-24)18-28-9-11-29(12-10-28)22-8-7-21(17-25-22)35(31,32)30-13-15-33-16-14-30/h3-8,17H,2,9-16,18H2,1H3. The Hall–Kier alpha value is -2.86. The highest BCUT2D eigenvalue weighted by Gasteiger charge is 2.27. The van der Waals surface area contributed by atoms with Crippen molar-refractivity contribution >= 4 is 15.8 Å². The molecule has 0 saturated carbocycles. The third-order valence-electron chi connectivity index (χ3n) is 6.47. The van der Waals surface area contributed by atoms with Crippen LogP contribution >= 0.6 is 0 Å². The largest absolute Gasteiger partial charge is 0.379 e. The van der Waals surface area contributed by atoms with E-state index in [0.717, 1.165) is 44.0 Å². The highest BCUT2D eigenvalue weighted by atomic mass is 32.2. The Bertz CT molecular complexity index is 1220. The minimum Gasteiger partial charge on any atom is -0.379 e. The molecule has 2 fully saturated rings. The Morgan fingerprint density at radius 2 is 1.69 bits per heavy atom. The van der Waals surface area contributed by atoms with Crippen LogP contribution in [0.5, 0.6) is 0 Å². The van der Waals surface area contributed by atoms with E-state index in [0.29, 0.717) is 44.6 Å². The molecule has 3 aromatic rings. The van der Waals surface area contributed by atoms with E-state index in [2.05, 4.69) is 44.0 Å². The monoisotopic (exact) mass is 498 g/mol. The van der Waals surface area contributed by atoms with Crippen molar-refractivity contribution in [3.63, 3.8) is 0 Å². The molecule has 2 aromatic heterocycles. The molecule has 0 unspecified atom stereocenters. The summed E-state index contributed by atoms with van der Waals surface area (Å²) in [5, 5.41) is 4.14. The molecule has 2 aliphatic heterocycles. The first-order valence-electron chi connectivity index (χ1n) is 12.0. The normalized spacial score (nSPS) is 18.1. The van der Waals surface area contributed by atoms with Crippen LogP contribution in [-0.4, -0.2) is 85.2 Å². The number of rotatable bonds is 7. The molecule has 186 valence electrons. The number of benzene rings is 1. The van der Waals surface area contributed by atoms with Crippen LogP contribution in [0.4, 0.5) is 5.82 Å². The maximum Gasteiger partial charge on any atom is 0.244 e. The van der Waals surface area contributed by atoms with Crippen molar-refractivity contribution in [2.75, 3.05) is 57.4 Å². The molecule has 11 heteroatoms. The number of morpholine rings is 1. The summed E-state index contributed by atoms with van der Waals surface area (Å²) in [6, 6.07) is 11.7. The molecule has 2 saturated heterocycles. The highest BCUT2D eigenvalue weighted by Crippen LogP contribution is 2.21. The first-order chi connectivity index (χ1) is 17.0. The second-order valence-electron chi connectivity index (χ2n) is 8.69. The molecule has 0 radical (unpaired) electrons. The molecule has 0 spiro atoms. The smallest absolute Gasteiger partial charge is 0.244 e. The fraction of sp³-hybridized carbons (Fsp3) is 0.458. The lowest BCUT2D eigenvalue weighted by atomic mass is 10.1. The Kier molecular flexibility index (Phi) is 7.09. The summed E-state index contributed by atoms with van der Waals surface area (Å²) in [6.45, 7) is 7.51. The van der Waals surface area contributed by atoms with Crippen LogP contribution in [0.15, 0.2) is 52.0 Å². The first-order valence-corrected chi connectivity index (χ1v) is 13.4. The zero-order valence-electron chi connectivity index (χ0n) is 19.8. The SMILES string of the molecule is CCc1ccc(-c2noc(CN3CCN(c4ccc(S(=O)(=O)N5CCOCC5)cn4)CC3)n2)cc1. The van der Waals surface area contributed by atoms with Gasteiger partial charge in [0.25, 0.3) is 0 Å². The van der Waals surface area contributed by atoms with Crippen molar-refractivity contribution in [3.8, 4) is 11.4 Å². The van der Waals surface area contributed by atoms with Crippen molar-refractivity contribution in [2.45, 2.75) is 24.8 Å². The lowest BCUT2D eigenvalue weighted by Gasteiger charge is -2.34. The fourth-order valence-corrected chi connectivity index (χ4v) is 5.65. The molecule has 0 N–H and O–H groups in total. The van der Waals surface area contributed by atoms with Gasteiger partial charge in [0, 0.05) is 51.0 Å². The van der Waals surface area contributed by atoms with Gasteiger partial charge in [-0.1, -0.05) is 36.3 Å². The number of hydrogen-bond acceptors (Lipinski definition) is 9. The quantitative estimate of drug-likeness (QED) is 0.484. The van der Waals surface area contributed by atoms with Crippen LogP contribution < -0.4 is 4.90 Å². The predicted molar refractivity (Wildman–Crippen MR) is 130 cm³/mol. The van der Waals surface area contributed by atoms with Crippen molar-refractivity contribution in [2.24, 2.45) is 0 Å². The first kappa shape index (κ1) is 23.9. The average molecular weight is 499 g/mol. The van der Waals surface area contributed by atoms with Crippen LogP contribution in [0.1, 0.15) is 18.4 Å². The van der Waals surface area contributed by atoms with Crippen LogP contribution in [0.3, 0.4) is 0 Å². The molecule has 35 heavy (non-hydrogen) atoms. The molecule has 5 rings (SSSR count). The number of nitrogens with zero attached hydrogens (tertiary/aromatic N) is 6. The van der Waals surface area contributed by atoms with Gasteiger partial charge in [-0.15, -0.1) is 0 Å². The summed E-state index contributed by atoms with van der Waals surface area (Å²) in [5.74, 6) is 1.99. The maximum absolute atomic E-state index is 12.8. The third kappa shape index (κ3) is 5.37. The van der Waals surface area contributed by atoms with Gasteiger partial charge in [-0.25, -0.2) is 13.4 Å². The van der Waals surface area contributed by atoms with Gasteiger partial charge in [-0.05, 0) is 24.1 Å². The topological polar surface area (TPSA) is 105 Å². The number of pyridine rings is 1. The zero-order chi connectivity index (χ0) is 24.3. The minimum absolute atomic E-state index is 0.221. The summed E-state index contributed by atoms with van der Waals surface area (Å²) in [7, 11) is -3.53. The number of ether oxygens (including phenoxy) is 1. The second-order valence-corrected chi connectivity index (χ2v) is 10.6. The number of anilines is 1. The molecule has 0 amide bonds. The van der Waals surface area contributed by atoms with E-state index >= 15 is 0 Å². The Labute approximate surface area is 205 Å². The van der Waals surface area contributed by atoms with Crippen molar-refractivity contribution in [3.05, 3.63) is 54.0 Å². The number of hydrogen-bond donors (Lipinski definition) is 0. The molecule has 0 atom stereocenters. The second kappa shape index (κ2) is 10.4. The summed E-state index contributed by atoms with van der Waals surface area (Å²) in [6.07, 6.45) is 2.45. The molecule has 4 heterocycles. The van der Waals surface area contributed by atoms with E-state index in [9.17, 15) is 8.42 Å². The number of piperazine rings is 1. The molecular formula is C24H30N6O4S. The van der Waals surface area contributed by atoms with Gasteiger partial charge in [0.1, 0.15) is 10.7 Å². The molecular weight excluding hydrogens is 468 g/mol. The van der Waals surface area contributed by atoms with Gasteiger partial charge in [-0.2, -0.15) is 9.29 Å². The van der Waals surface area contributed by atoms with Gasteiger partial charge in [0.2, 0.25) is 21.7 Å². The van der Waals surface area contributed by atoms with Crippen LogP contribution in [-0.2, 0) is 27.7 Å². The summed E-state index contributed by atoms with van der Waals surface area (Å²) in [4.78, 5) is 13.7. The zero-order valence-corrected chi connectivity index (χ0v) is 20.7. The van der Waals surface area contributed by atoms with E-state index in [1.165, 1.54) is 16.1 Å². The highest BCUT2D eigenvalue weighted by molar-refractivity contribution is 7.89. The molecule has 2 aliphatic rings. The van der Waals surface area contributed by atoms with Crippen molar-refractivity contribution in [1.29, 1.82) is 0 Å². The average Bonchev–Trinajstić information content (AvgIpc) is 3.38. The molecule has 0 aliphatic carbocycles. The van der Waals surface area contributed by atoms with Gasteiger partial charge in [0.05, 0.1) is 19.8 Å². The van der Waals surface area contributed by atoms with Crippen molar-refractivity contribution < 1.29 is 17.7 Å². The van der Waals surface area contributed by atoms with Crippen LogP contribution in [0.25, 0.3) is 11.4 Å². The van der Waals surface area contributed by atoms with Crippen molar-refractivity contribution in [1.82, 2.24) is 24.3 Å². The lowest BCUT2D eigenvalue weighted by molar-refractivity contribution is 0.0730. The fourth-order valence-electron chi connectivity index (χ4n) is 4.30. The van der Waals surface area contributed by atoms with E-state index in [1.54, 1.807) is 12.1 Å². The van der Waals surface area contributed by atoms with Gasteiger partial charge < -0.3 is 14.2 Å². The molecule has 0 bridgehead atoms. The lowest BCUT2D eigenvalue weighted by Crippen LogP contribution is -2.46. The van der Waals surface area contributed by atoms with E-state index in [1.807, 2.05) is 12.1 Å². The number of aryl methyl sites for hydroxylation is 1. The molecule has 1 aromatic carbocycles. The van der Waals surface area contributed by atoms with Crippen LogP contribution in [0.2, 0.25) is 0 Å². The maximum atomic E-state index is 12.8. The minimum atomic E-state index is -3.53. The molecule has 10 nitrogen and oxygen atoms in total. The van der Waals surface area contributed by atoms with Gasteiger partial charge >= 0.3 is 0 Å². The Morgan fingerprint density at radius 3 is 2.34 bits per heavy atom. The number of sulfonamides is 1.